The summed E-state index contributed by atoms with van der Waals surface area (Å²) in [4.78, 5) is 16.2. The normalized spacial score (nSPS) is 11.6. The molecule has 0 aliphatic rings. The van der Waals surface area contributed by atoms with Crippen LogP contribution < -0.4 is 5.32 Å². The van der Waals surface area contributed by atoms with Crippen LogP contribution in [0.1, 0.15) is 27.3 Å². The van der Waals surface area contributed by atoms with Crippen molar-refractivity contribution in [1.82, 2.24) is 24.5 Å². The van der Waals surface area contributed by atoms with Gasteiger partial charge in [-0.25, -0.2) is 9.67 Å². The molecule has 0 aliphatic carbocycles. The number of nitrogens with one attached hydrogen (secondary N) is 1. The van der Waals surface area contributed by atoms with Crippen molar-refractivity contribution in [1.29, 1.82) is 0 Å². The maximum Gasteiger partial charge on any atom is 0.434 e. The summed E-state index contributed by atoms with van der Waals surface area (Å²) < 4.78 is 40.7. The third-order valence-corrected chi connectivity index (χ3v) is 4.41. The monoisotopic (exact) mass is 442 g/mol. The van der Waals surface area contributed by atoms with E-state index >= 15 is 0 Å². The van der Waals surface area contributed by atoms with Gasteiger partial charge < -0.3 is 0 Å². The number of alkyl halides is 3. The Balaban J connectivity index is 1.75. The highest BCUT2D eigenvalue weighted by atomic mass is 79.9. The van der Waals surface area contributed by atoms with Crippen LogP contribution in [0.15, 0.2) is 35.1 Å². The molecule has 0 atom stereocenters. The number of carbonyl (C=O) groups excluding carboxylic acids is 1. The maximum atomic E-state index is 13.0. The first kappa shape index (κ1) is 19.1. The molecule has 0 fully saturated rings. The first-order chi connectivity index (χ1) is 12.6. The Labute approximate surface area is 160 Å². The van der Waals surface area contributed by atoms with Gasteiger partial charge in [-0.2, -0.15) is 18.3 Å². The van der Waals surface area contributed by atoms with Crippen molar-refractivity contribution in [3.63, 3.8) is 0 Å². The number of amides is 1. The number of hydrogen-bond donors (Lipinski definition) is 1. The molecule has 0 saturated carbocycles. The lowest BCUT2D eigenvalue weighted by Crippen LogP contribution is -2.15. The largest absolute Gasteiger partial charge is 0.434 e. The van der Waals surface area contributed by atoms with Crippen molar-refractivity contribution < 1.29 is 18.0 Å². The molecule has 2 aromatic heterocycles. The zero-order valence-electron chi connectivity index (χ0n) is 14.3. The maximum absolute atomic E-state index is 13.0. The van der Waals surface area contributed by atoms with Gasteiger partial charge in [0.15, 0.2) is 11.4 Å². The molecule has 0 aliphatic heterocycles. The topological polar surface area (TPSA) is 77.6 Å². The van der Waals surface area contributed by atoms with Crippen LogP contribution in [-0.4, -0.2) is 30.5 Å². The summed E-state index contributed by atoms with van der Waals surface area (Å²) >= 11 is 2.80. The molecule has 7 nitrogen and oxygen atoms in total. The van der Waals surface area contributed by atoms with Crippen LogP contribution in [0, 0.1) is 6.92 Å². The van der Waals surface area contributed by atoms with Crippen LogP contribution in [0.3, 0.4) is 0 Å². The number of halogens is 4. The lowest BCUT2D eigenvalue weighted by atomic mass is 10.1. The van der Waals surface area contributed by atoms with Crippen LogP contribution in [0.4, 0.5) is 19.1 Å². The highest BCUT2D eigenvalue weighted by Gasteiger charge is 2.39. The highest BCUT2D eigenvalue weighted by molar-refractivity contribution is 9.10. The van der Waals surface area contributed by atoms with Crippen molar-refractivity contribution in [2.24, 2.45) is 7.05 Å². The van der Waals surface area contributed by atoms with Crippen molar-refractivity contribution in [2.45, 2.75) is 19.6 Å². The minimum Gasteiger partial charge on any atom is -0.288 e. The zero-order valence-corrected chi connectivity index (χ0v) is 15.8. The second-order valence-corrected chi connectivity index (χ2v) is 6.63. The standard InChI is InChI=1S/C16H14BrF3N6O/c1-9-4-3-5-10(6-9)7-26-8-21-15(24-26)22-14(27)12-11(17)13(16(18,19)20)25(2)23-12/h3-6,8H,7H2,1-2H3,(H,22,24,27). The molecule has 0 unspecified atom stereocenters. The molecule has 1 amide bonds. The Bertz CT molecular complexity index is 994. The van der Waals surface area contributed by atoms with E-state index in [-0.39, 0.29) is 5.95 Å². The molecule has 0 spiro atoms. The summed E-state index contributed by atoms with van der Waals surface area (Å²) in [6, 6.07) is 7.80. The first-order valence-electron chi connectivity index (χ1n) is 7.71. The van der Waals surface area contributed by atoms with Crippen molar-refractivity contribution in [2.75, 3.05) is 5.32 Å². The zero-order chi connectivity index (χ0) is 19.8. The summed E-state index contributed by atoms with van der Waals surface area (Å²) in [5.41, 5.74) is 0.645. The van der Waals surface area contributed by atoms with E-state index < -0.39 is 27.9 Å². The van der Waals surface area contributed by atoms with Crippen molar-refractivity contribution in [3.05, 3.63) is 57.6 Å². The van der Waals surface area contributed by atoms with Gasteiger partial charge in [0.05, 0.1) is 11.0 Å². The minimum absolute atomic E-state index is 0.0289. The van der Waals surface area contributed by atoms with Gasteiger partial charge in [0, 0.05) is 7.05 Å². The molecular formula is C16H14BrF3N6O. The van der Waals surface area contributed by atoms with Gasteiger partial charge in [0.2, 0.25) is 5.95 Å². The van der Waals surface area contributed by atoms with Gasteiger partial charge in [-0.3, -0.25) is 14.8 Å². The molecule has 142 valence electrons. The van der Waals surface area contributed by atoms with Gasteiger partial charge in [0.25, 0.3) is 5.91 Å². The summed E-state index contributed by atoms with van der Waals surface area (Å²) in [6.07, 6.45) is -3.22. The molecule has 11 heteroatoms. The fraction of sp³-hybridized carbons (Fsp3) is 0.250. The van der Waals surface area contributed by atoms with Gasteiger partial charge >= 0.3 is 6.18 Å². The quantitative estimate of drug-likeness (QED) is 0.671. The van der Waals surface area contributed by atoms with Crippen LogP contribution in [0.25, 0.3) is 0 Å². The van der Waals surface area contributed by atoms with E-state index in [1.165, 1.54) is 11.0 Å². The third kappa shape index (κ3) is 4.18. The number of aryl methyl sites for hydroxylation is 2. The van der Waals surface area contributed by atoms with Crippen LogP contribution in [0.2, 0.25) is 0 Å². The van der Waals surface area contributed by atoms with Crippen molar-refractivity contribution >= 4 is 27.8 Å². The Hall–Kier alpha value is -2.69. The molecule has 27 heavy (non-hydrogen) atoms. The van der Waals surface area contributed by atoms with Gasteiger partial charge in [-0.05, 0) is 28.4 Å². The van der Waals surface area contributed by atoms with Gasteiger partial charge in [-0.15, -0.1) is 5.10 Å². The number of nitrogens with zero attached hydrogens (tertiary/aromatic N) is 5. The van der Waals surface area contributed by atoms with E-state index in [0.29, 0.717) is 11.2 Å². The molecule has 1 aromatic carbocycles. The smallest absolute Gasteiger partial charge is 0.288 e. The third-order valence-electron chi connectivity index (χ3n) is 3.66. The SMILES string of the molecule is Cc1cccc(Cn2cnc(NC(=O)c3nn(C)c(C(F)(F)F)c3Br)n2)c1. The minimum atomic E-state index is -4.65. The number of rotatable bonds is 4. The summed E-state index contributed by atoms with van der Waals surface area (Å²) in [7, 11) is 1.11. The van der Waals surface area contributed by atoms with E-state index in [9.17, 15) is 18.0 Å². The predicted molar refractivity (Wildman–Crippen MR) is 94.2 cm³/mol. The van der Waals surface area contributed by atoms with E-state index in [0.717, 1.165) is 18.2 Å². The fourth-order valence-electron chi connectivity index (χ4n) is 2.54. The van der Waals surface area contributed by atoms with E-state index in [2.05, 4.69) is 36.4 Å². The first-order valence-corrected chi connectivity index (χ1v) is 8.50. The number of carbonyl (C=O) groups is 1. The molecule has 3 aromatic rings. The Morgan fingerprint density at radius 3 is 2.67 bits per heavy atom. The number of anilines is 1. The molecule has 0 radical (unpaired) electrons. The lowest BCUT2D eigenvalue weighted by Gasteiger charge is -2.06. The summed E-state index contributed by atoms with van der Waals surface area (Å²) in [6.45, 7) is 2.41. The molecule has 1 N–H and O–H groups in total. The van der Waals surface area contributed by atoms with Crippen LogP contribution in [0.5, 0.6) is 0 Å². The number of hydrogen-bond acceptors (Lipinski definition) is 4. The van der Waals surface area contributed by atoms with Crippen LogP contribution >= 0.6 is 15.9 Å². The molecule has 0 saturated heterocycles. The fourth-order valence-corrected chi connectivity index (χ4v) is 3.28. The molecular weight excluding hydrogens is 429 g/mol. The van der Waals surface area contributed by atoms with E-state index in [4.69, 9.17) is 0 Å². The average molecular weight is 443 g/mol. The molecule has 3 rings (SSSR count). The van der Waals surface area contributed by atoms with E-state index in [1.54, 1.807) is 0 Å². The number of aromatic nitrogens is 5. The number of benzene rings is 1. The Kier molecular flexibility index (Phi) is 5.05. The Morgan fingerprint density at radius 2 is 2.04 bits per heavy atom. The predicted octanol–water partition coefficient (Wildman–Crippen LogP) is 3.40. The summed E-state index contributed by atoms with van der Waals surface area (Å²) in [5, 5.41) is 10.1. The highest BCUT2D eigenvalue weighted by Crippen LogP contribution is 2.36. The summed E-state index contributed by atoms with van der Waals surface area (Å²) in [5.74, 6) is -0.875. The molecule has 0 bridgehead atoms. The second kappa shape index (κ2) is 7.14. The van der Waals surface area contributed by atoms with Gasteiger partial charge in [-0.1, -0.05) is 29.8 Å². The van der Waals surface area contributed by atoms with E-state index in [1.807, 2.05) is 31.2 Å². The lowest BCUT2D eigenvalue weighted by molar-refractivity contribution is -0.144. The Morgan fingerprint density at radius 1 is 1.30 bits per heavy atom. The molecule has 2 heterocycles. The van der Waals surface area contributed by atoms with Crippen LogP contribution in [-0.2, 0) is 19.8 Å². The average Bonchev–Trinajstić information content (AvgIpc) is 3.10. The van der Waals surface area contributed by atoms with Gasteiger partial charge in [0.1, 0.15) is 6.33 Å². The second-order valence-electron chi connectivity index (χ2n) is 5.84. The van der Waals surface area contributed by atoms with Crippen molar-refractivity contribution in [3.8, 4) is 0 Å².